The van der Waals surface area contributed by atoms with Gasteiger partial charge in [0.15, 0.2) is 0 Å². The molecule has 0 saturated heterocycles. The van der Waals surface area contributed by atoms with Gasteiger partial charge in [0.25, 0.3) is 0 Å². The molecule has 1 heteroatoms. The Morgan fingerprint density at radius 3 is 2.44 bits per heavy atom. The van der Waals surface area contributed by atoms with Crippen molar-refractivity contribution in [3.63, 3.8) is 0 Å². The summed E-state index contributed by atoms with van der Waals surface area (Å²) in [7, 11) is 0. The van der Waals surface area contributed by atoms with Crippen LogP contribution in [0.1, 0.15) is 27.0 Å². The average Bonchev–Trinajstić information content (AvgIpc) is 2.32. The number of aryl methyl sites for hydroxylation is 1. The predicted molar refractivity (Wildman–Crippen MR) is 65.8 cm³/mol. The van der Waals surface area contributed by atoms with Crippen LogP contribution in [-0.4, -0.2) is 6.29 Å². The highest BCUT2D eigenvalue weighted by Crippen LogP contribution is 2.11. The van der Waals surface area contributed by atoms with Gasteiger partial charge in [0, 0.05) is 5.56 Å². The van der Waals surface area contributed by atoms with E-state index < -0.39 is 0 Å². The van der Waals surface area contributed by atoms with Gasteiger partial charge in [-0.2, -0.15) is 0 Å². The van der Waals surface area contributed by atoms with E-state index in [1.807, 2.05) is 24.3 Å². The molecule has 0 heterocycles. The summed E-state index contributed by atoms with van der Waals surface area (Å²) in [5.74, 6) is 0. The lowest BCUT2D eigenvalue weighted by Gasteiger charge is -2.03. The van der Waals surface area contributed by atoms with Crippen LogP contribution in [0.15, 0.2) is 48.5 Å². The Hall–Kier alpha value is -1.89. The Labute approximate surface area is 95.7 Å². The molecule has 0 bridgehead atoms. The second-order valence-corrected chi connectivity index (χ2v) is 4.03. The van der Waals surface area contributed by atoms with Crippen molar-refractivity contribution in [3.05, 3.63) is 70.8 Å². The van der Waals surface area contributed by atoms with Crippen LogP contribution >= 0.6 is 0 Å². The SMILES string of the molecule is Cc1ccc(Cc2cccc(C=O)c2)cc1. The van der Waals surface area contributed by atoms with Crippen molar-refractivity contribution in [2.45, 2.75) is 13.3 Å². The molecular formula is C15H14O. The van der Waals surface area contributed by atoms with Gasteiger partial charge in [0.1, 0.15) is 6.29 Å². The molecule has 2 rings (SSSR count). The van der Waals surface area contributed by atoms with Gasteiger partial charge in [-0.15, -0.1) is 0 Å². The van der Waals surface area contributed by atoms with Crippen LogP contribution in [0.25, 0.3) is 0 Å². The van der Waals surface area contributed by atoms with Crippen LogP contribution < -0.4 is 0 Å². The highest BCUT2D eigenvalue weighted by Gasteiger charge is 1.97. The summed E-state index contributed by atoms with van der Waals surface area (Å²) in [5.41, 5.74) is 4.46. The van der Waals surface area contributed by atoms with E-state index in [1.165, 1.54) is 16.7 Å². The first-order chi connectivity index (χ1) is 7.78. The van der Waals surface area contributed by atoms with Crippen LogP contribution in [0.2, 0.25) is 0 Å². The van der Waals surface area contributed by atoms with E-state index >= 15 is 0 Å². The maximum Gasteiger partial charge on any atom is 0.150 e. The Kier molecular flexibility index (Phi) is 3.16. The van der Waals surface area contributed by atoms with Gasteiger partial charge >= 0.3 is 0 Å². The van der Waals surface area contributed by atoms with Crippen molar-refractivity contribution < 1.29 is 4.79 Å². The van der Waals surface area contributed by atoms with E-state index in [-0.39, 0.29) is 0 Å². The van der Waals surface area contributed by atoms with Gasteiger partial charge in [-0.25, -0.2) is 0 Å². The monoisotopic (exact) mass is 210 g/mol. The van der Waals surface area contributed by atoms with Crippen molar-refractivity contribution in [1.29, 1.82) is 0 Å². The van der Waals surface area contributed by atoms with E-state index in [4.69, 9.17) is 0 Å². The average molecular weight is 210 g/mol. The summed E-state index contributed by atoms with van der Waals surface area (Å²) in [6.07, 6.45) is 1.76. The summed E-state index contributed by atoms with van der Waals surface area (Å²) in [4.78, 5) is 10.7. The Bertz CT molecular complexity index is 483. The molecule has 0 aromatic heterocycles. The fourth-order valence-electron chi connectivity index (χ4n) is 1.72. The third-order valence-corrected chi connectivity index (χ3v) is 2.62. The molecule has 0 unspecified atom stereocenters. The smallest absolute Gasteiger partial charge is 0.150 e. The van der Waals surface area contributed by atoms with E-state index in [2.05, 4.69) is 31.2 Å². The Balaban J connectivity index is 2.20. The molecule has 0 spiro atoms. The van der Waals surface area contributed by atoms with Gasteiger partial charge in [-0.1, -0.05) is 48.0 Å². The summed E-state index contributed by atoms with van der Waals surface area (Å²) < 4.78 is 0. The lowest BCUT2D eigenvalue weighted by Crippen LogP contribution is -1.90. The zero-order valence-electron chi connectivity index (χ0n) is 9.31. The summed E-state index contributed by atoms with van der Waals surface area (Å²) >= 11 is 0. The van der Waals surface area contributed by atoms with E-state index in [1.54, 1.807) is 0 Å². The maximum atomic E-state index is 10.7. The van der Waals surface area contributed by atoms with Crippen molar-refractivity contribution in [3.8, 4) is 0 Å². The zero-order chi connectivity index (χ0) is 11.4. The number of benzene rings is 2. The second kappa shape index (κ2) is 4.75. The minimum absolute atomic E-state index is 0.740. The van der Waals surface area contributed by atoms with Gasteiger partial charge in [-0.3, -0.25) is 4.79 Å². The van der Waals surface area contributed by atoms with Gasteiger partial charge in [-0.05, 0) is 30.5 Å². The lowest BCUT2D eigenvalue weighted by atomic mass is 10.0. The molecular weight excluding hydrogens is 196 g/mol. The van der Waals surface area contributed by atoms with Crippen molar-refractivity contribution in [2.24, 2.45) is 0 Å². The molecule has 80 valence electrons. The number of hydrogen-bond acceptors (Lipinski definition) is 1. The Morgan fingerprint density at radius 1 is 1.00 bits per heavy atom. The number of carbonyl (C=O) groups excluding carboxylic acids is 1. The first kappa shape index (κ1) is 10.6. The molecule has 0 fully saturated rings. The molecule has 0 aliphatic heterocycles. The van der Waals surface area contributed by atoms with Gasteiger partial charge in [0.2, 0.25) is 0 Å². The van der Waals surface area contributed by atoms with E-state index in [9.17, 15) is 4.79 Å². The highest BCUT2D eigenvalue weighted by molar-refractivity contribution is 5.74. The lowest BCUT2D eigenvalue weighted by molar-refractivity contribution is 0.112. The largest absolute Gasteiger partial charge is 0.298 e. The normalized spacial score (nSPS) is 10.1. The third kappa shape index (κ3) is 2.57. The van der Waals surface area contributed by atoms with Crippen molar-refractivity contribution in [2.75, 3.05) is 0 Å². The van der Waals surface area contributed by atoms with Crippen LogP contribution in [0.3, 0.4) is 0 Å². The van der Waals surface area contributed by atoms with Crippen LogP contribution in [-0.2, 0) is 6.42 Å². The molecule has 0 aliphatic rings. The maximum absolute atomic E-state index is 10.7. The van der Waals surface area contributed by atoms with Crippen molar-refractivity contribution in [1.82, 2.24) is 0 Å². The minimum Gasteiger partial charge on any atom is -0.298 e. The first-order valence-electron chi connectivity index (χ1n) is 5.37. The summed E-state index contributed by atoms with van der Waals surface area (Å²) in [6, 6.07) is 16.2. The molecule has 0 radical (unpaired) electrons. The Morgan fingerprint density at radius 2 is 1.75 bits per heavy atom. The summed E-state index contributed by atoms with van der Waals surface area (Å²) in [5, 5.41) is 0. The zero-order valence-corrected chi connectivity index (χ0v) is 9.31. The molecule has 2 aromatic rings. The predicted octanol–water partition coefficient (Wildman–Crippen LogP) is 3.40. The van der Waals surface area contributed by atoms with Gasteiger partial charge in [0.05, 0.1) is 0 Å². The van der Waals surface area contributed by atoms with E-state index in [0.717, 1.165) is 18.3 Å². The molecule has 2 aromatic carbocycles. The molecule has 0 atom stereocenters. The molecule has 1 nitrogen and oxygen atoms in total. The third-order valence-electron chi connectivity index (χ3n) is 2.62. The molecule has 0 aliphatic carbocycles. The number of aldehydes is 1. The van der Waals surface area contributed by atoms with E-state index in [0.29, 0.717) is 0 Å². The number of hydrogen-bond donors (Lipinski definition) is 0. The van der Waals surface area contributed by atoms with Crippen LogP contribution in [0.4, 0.5) is 0 Å². The molecule has 0 N–H and O–H groups in total. The topological polar surface area (TPSA) is 17.1 Å². The second-order valence-electron chi connectivity index (χ2n) is 4.03. The quantitative estimate of drug-likeness (QED) is 0.710. The fraction of sp³-hybridized carbons (Fsp3) is 0.133. The first-order valence-corrected chi connectivity index (χ1v) is 5.37. The summed E-state index contributed by atoms with van der Waals surface area (Å²) in [6.45, 7) is 2.08. The molecule has 0 saturated carbocycles. The fourth-order valence-corrected chi connectivity index (χ4v) is 1.72. The molecule has 16 heavy (non-hydrogen) atoms. The highest BCUT2D eigenvalue weighted by atomic mass is 16.1. The number of rotatable bonds is 3. The van der Waals surface area contributed by atoms with Crippen LogP contribution in [0, 0.1) is 6.92 Å². The van der Waals surface area contributed by atoms with Crippen molar-refractivity contribution >= 4 is 6.29 Å². The van der Waals surface area contributed by atoms with Gasteiger partial charge < -0.3 is 0 Å². The minimum atomic E-state index is 0.740. The standard InChI is InChI=1S/C15H14O/c1-12-5-7-13(8-6-12)9-14-3-2-4-15(10-14)11-16/h2-8,10-11H,9H2,1H3. The van der Waals surface area contributed by atoms with Crippen LogP contribution in [0.5, 0.6) is 0 Å². The molecule has 0 amide bonds. The number of carbonyl (C=O) groups is 1.